The van der Waals surface area contributed by atoms with Crippen molar-refractivity contribution >= 4 is 18.6 Å². The Morgan fingerprint density at radius 2 is 1.77 bits per heavy atom. The van der Waals surface area contributed by atoms with E-state index in [2.05, 4.69) is 3.97 Å². The molecule has 7 heteroatoms. The molecular formula is C6H15O5PS. The van der Waals surface area contributed by atoms with E-state index in [9.17, 15) is 13.0 Å². The normalized spacial score (nSPS) is 16.4. The van der Waals surface area contributed by atoms with Crippen molar-refractivity contribution < 1.29 is 21.5 Å². The van der Waals surface area contributed by atoms with Gasteiger partial charge in [0.2, 0.25) is 0 Å². The highest BCUT2D eigenvalue weighted by Gasteiger charge is 2.22. The zero-order valence-electron chi connectivity index (χ0n) is 7.93. The predicted molar refractivity (Wildman–Crippen MR) is 50.4 cm³/mol. The highest BCUT2D eigenvalue weighted by atomic mass is 32.2. The van der Waals surface area contributed by atoms with Gasteiger partial charge in [0.05, 0.1) is 6.10 Å². The average Bonchev–Trinajstić information content (AvgIpc) is 1.97. The smallest absolute Gasteiger partial charge is 0.305 e. The van der Waals surface area contributed by atoms with E-state index in [1.54, 1.807) is 0 Å². The average molecular weight is 230 g/mol. The van der Waals surface area contributed by atoms with E-state index in [1.807, 2.05) is 13.8 Å². The lowest BCUT2D eigenvalue weighted by molar-refractivity contribution is 0.174. The van der Waals surface area contributed by atoms with Crippen LogP contribution in [0, 0.1) is 0 Å². The van der Waals surface area contributed by atoms with Crippen molar-refractivity contribution in [2.75, 3.05) is 6.66 Å². The Balaban J connectivity index is 4.22. The summed E-state index contributed by atoms with van der Waals surface area (Å²) < 4.78 is 40.8. The molecule has 1 atom stereocenters. The Morgan fingerprint density at radius 1 is 1.31 bits per heavy atom. The van der Waals surface area contributed by atoms with Crippen LogP contribution in [0.4, 0.5) is 0 Å². The second-order valence-electron chi connectivity index (χ2n) is 2.62. The van der Waals surface area contributed by atoms with Crippen LogP contribution in [0.1, 0.15) is 26.7 Å². The molecule has 0 aromatic rings. The van der Waals surface area contributed by atoms with Crippen molar-refractivity contribution in [3.63, 3.8) is 0 Å². The van der Waals surface area contributed by atoms with E-state index >= 15 is 0 Å². The van der Waals surface area contributed by atoms with E-state index in [4.69, 9.17) is 4.52 Å². The summed E-state index contributed by atoms with van der Waals surface area (Å²) in [6, 6.07) is 0. The number of thiol groups is 1. The maximum absolute atomic E-state index is 11.3. The Kier molecular flexibility index (Phi) is 5.80. The second-order valence-corrected chi connectivity index (χ2v) is 5.47. The molecule has 80 valence electrons. The summed E-state index contributed by atoms with van der Waals surface area (Å²) >= 11 is 0. The second kappa shape index (κ2) is 5.75. The van der Waals surface area contributed by atoms with Crippen molar-refractivity contribution in [2.45, 2.75) is 32.8 Å². The Bertz CT molecular complexity index is 250. The maximum Gasteiger partial charge on any atom is 0.342 e. The molecule has 0 saturated carbocycles. The van der Waals surface area contributed by atoms with Gasteiger partial charge in [0.1, 0.15) is 0 Å². The van der Waals surface area contributed by atoms with Crippen LogP contribution >= 0.6 is 7.60 Å². The van der Waals surface area contributed by atoms with E-state index in [1.165, 1.54) is 0 Å². The van der Waals surface area contributed by atoms with Gasteiger partial charge >= 0.3 is 7.60 Å². The summed E-state index contributed by atoms with van der Waals surface area (Å²) in [5, 5.41) is 0. The summed E-state index contributed by atoms with van der Waals surface area (Å²) in [6.07, 6.45) is 1.13. The van der Waals surface area contributed by atoms with Crippen LogP contribution in [0.15, 0.2) is 0 Å². The van der Waals surface area contributed by atoms with Crippen LogP contribution in [-0.4, -0.2) is 21.2 Å². The van der Waals surface area contributed by atoms with Crippen molar-refractivity contribution in [2.24, 2.45) is 0 Å². The minimum Gasteiger partial charge on any atom is -0.305 e. The van der Waals surface area contributed by atoms with Gasteiger partial charge in [-0.2, -0.15) is 3.97 Å². The molecule has 0 aliphatic carbocycles. The topological polar surface area (TPSA) is 69.7 Å². The molecule has 0 aromatic heterocycles. The molecule has 0 saturated heterocycles. The lowest BCUT2D eigenvalue weighted by Crippen LogP contribution is -2.09. The number of rotatable bonds is 6. The molecule has 5 nitrogen and oxygen atoms in total. The molecule has 0 amide bonds. The SMILES string of the molecule is CCC(CC)OP(C)(=O)O[SH](=O)=O. The molecular weight excluding hydrogens is 215 g/mol. The first kappa shape index (κ1) is 13.1. The zero-order valence-corrected chi connectivity index (χ0v) is 9.72. The third kappa shape index (κ3) is 6.21. The number of hydrogen-bond donors (Lipinski definition) is 1. The van der Waals surface area contributed by atoms with E-state index in [0.717, 1.165) is 6.66 Å². The summed E-state index contributed by atoms with van der Waals surface area (Å²) in [5.74, 6) is 0. The van der Waals surface area contributed by atoms with Crippen LogP contribution in [0.2, 0.25) is 0 Å². The fourth-order valence-corrected chi connectivity index (χ4v) is 2.81. The summed E-state index contributed by atoms with van der Waals surface area (Å²) in [7, 11) is -6.55. The zero-order chi connectivity index (χ0) is 10.5. The molecule has 0 radical (unpaired) electrons. The molecule has 0 bridgehead atoms. The van der Waals surface area contributed by atoms with Gasteiger partial charge in [-0.25, -0.2) is 8.42 Å². The molecule has 0 aliphatic heterocycles. The molecule has 0 rings (SSSR count). The molecule has 0 aromatic carbocycles. The first-order valence-corrected chi connectivity index (χ1v) is 7.09. The quantitative estimate of drug-likeness (QED) is 0.554. The van der Waals surface area contributed by atoms with Crippen LogP contribution in [0.25, 0.3) is 0 Å². The van der Waals surface area contributed by atoms with Gasteiger partial charge < -0.3 is 4.52 Å². The largest absolute Gasteiger partial charge is 0.342 e. The van der Waals surface area contributed by atoms with Gasteiger partial charge in [-0.3, -0.25) is 4.57 Å². The van der Waals surface area contributed by atoms with Crippen molar-refractivity contribution in [3.05, 3.63) is 0 Å². The first-order valence-electron chi connectivity index (χ1n) is 4.01. The molecule has 0 fully saturated rings. The van der Waals surface area contributed by atoms with Gasteiger partial charge in [-0.1, -0.05) is 13.8 Å². The summed E-state index contributed by atoms with van der Waals surface area (Å²) in [4.78, 5) is 0. The van der Waals surface area contributed by atoms with Crippen LogP contribution in [0.5, 0.6) is 0 Å². The number of hydrogen-bond acceptors (Lipinski definition) is 5. The molecule has 13 heavy (non-hydrogen) atoms. The van der Waals surface area contributed by atoms with Gasteiger partial charge in [-0.05, 0) is 12.8 Å². The predicted octanol–water partition coefficient (Wildman–Crippen LogP) is 1.56. The van der Waals surface area contributed by atoms with Gasteiger partial charge in [0.25, 0.3) is 11.0 Å². The summed E-state index contributed by atoms with van der Waals surface area (Å²) in [6.45, 7) is 4.88. The van der Waals surface area contributed by atoms with Gasteiger partial charge in [0.15, 0.2) is 0 Å². The Morgan fingerprint density at radius 3 is 2.08 bits per heavy atom. The van der Waals surface area contributed by atoms with Crippen molar-refractivity contribution in [1.82, 2.24) is 0 Å². The highest BCUT2D eigenvalue weighted by molar-refractivity contribution is 7.75. The Labute approximate surface area is 80.1 Å². The third-order valence-corrected chi connectivity index (χ3v) is 3.87. The molecule has 0 aliphatic rings. The minimum atomic E-state index is -3.43. The third-order valence-electron chi connectivity index (χ3n) is 1.47. The van der Waals surface area contributed by atoms with Gasteiger partial charge in [-0.15, -0.1) is 0 Å². The van der Waals surface area contributed by atoms with Gasteiger partial charge in [0, 0.05) is 6.66 Å². The molecule has 0 N–H and O–H groups in total. The first-order chi connectivity index (χ1) is 5.91. The van der Waals surface area contributed by atoms with Crippen LogP contribution in [-0.2, 0) is 24.0 Å². The molecule has 0 heterocycles. The van der Waals surface area contributed by atoms with Crippen molar-refractivity contribution in [3.8, 4) is 0 Å². The lowest BCUT2D eigenvalue weighted by Gasteiger charge is -2.17. The fourth-order valence-electron chi connectivity index (χ4n) is 0.849. The Hall–Kier alpha value is 0.100. The molecule has 1 unspecified atom stereocenters. The summed E-state index contributed by atoms with van der Waals surface area (Å²) in [5.41, 5.74) is 0. The lowest BCUT2D eigenvalue weighted by atomic mass is 10.2. The monoisotopic (exact) mass is 230 g/mol. The van der Waals surface area contributed by atoms with Crippen LogP contribution < -0.4 is 0 Å². The fraction of sp³-hybridized carbons (Fsp3) is 1.00. The van der Waals surface area contributed by atoms with E-state index in [-0.39, 0.29) is 6.10 Å². The highest BCUT2D eigenvalue weighted by Crippen LogP contribution is 2.46. The molecule has 0 spiro atoms. The van der Waals surface area contributed by atoms with E-state index in [0.29, 0.717) is 12.8 Å². The standard InChI is InChI=1S/C6H15O5PS/c1-4-6(5-2)10-12(3,7)11-13(8)9/h6,13H,4-5H2,1-3H3. The maximum atomic E-state index is 11.3. The van der Waals surface area contributed by atoms with E-state index < -0.39 is 18.6 Å². The minimum absolute atomic E-state index is 0.217. The van der Waals surface area contributed by atoms with Crippen LogP contribution in [0.3, 0.4) is 0 Å². The van der Waals surface area contributed by atoms with Crippen molar-refractivity contribution in [1.29, 1.82) is 0 Å².